The summed E-state index contributed by atoms with van der Waals surface area (Å²) < 4.78 is 6.20. The topological polar surface area (TPSA) is 35.9 Å². The average molecular weight is 598 g/mol. The number of para-hydroxylation sites is 2. The minimum Gasteiger partial charge on any atom is -0.457 e. The van der Waals surface area contributed by atoms with Crippen molar-refractivity contribution in [1.29, 1.82) is 0 Å². The highest BCUT2D eigenvalue weighted by Crippen LogP contribution is 2.43. The lowest BCUT2D eigenvalue weighted by atomic mass is 9.72. The van der Waals surface area contributed by atoms with Crippen LogP contribution in [0.1, 0.15) is 80.8 Å². The average Bonchev–Trinajstić information content (AvgIpc) is 3.52. The highest BCUT2D eigenvalue weighted by atomic mass is 35.5. The zero-order chi connectivity index (χ0) is 26.5. The summed E-state index contributed by atoms with van der Waals surface area (Å²) in [6, 6.07) is 27.6. The second kappa shape index (κ2) is 14.8. The first-order valence-electron chi connectivity index (χ1n) is 15.3. The summed E-state index contributed by atoms with van der Waals surface area (Å²) in [5.41, 5.74) is 3.57. The number of benzene rings is 3. The van der Waals surface area contributed by atoms with Gasteiger partial charge >= 0.3 is 0 Å². The number of anilines is 1. The maximum atomic E-state index is 12.0. The Bertz CT molecular complexity index is 1200. The van der Waals surface area contributed by atoms with E-state index in [1.807, 2.05) is 36.4 Å². The van der Waals surface area contributed by atoms with Crippen molar-refractivity contribution < 1.29 is 9.84 Å². The Hall–Kier alpha value is -2.24. The molecule has 2 heterocycles. The molecule has 6 heteroatoms. The molecule has 4 nitrogen and oxygen atoms in total. The molecule has 0 bridgehead atoms. The summed E-state index contributed by atoms with van der Waals surface area (Å²) in [4.78, 5) is 5.22. The lowest BCUT2D eigenvalue weighted by molar-refractivity contribution is -0.0325. The van der Waals surface area contributed by atoms with Gasteiger partial charge in [-0.1, -0.05) is 67.8 Å². The molecule has 6 rings (SSSR count). The number of rotatable bonds is 8. The standard InChI is InChI=1S/C35H44N2O2.2ClH/c38-35(20-7-2-8-21-35)33(29-12-11-15-31(26-29)39-30-13-3-1-4-14-30)27-36-24-18-28(19-25-36)32-16-5-6-17-34(32)37-22-9-10-23-37;;/h1,3-6,11-17,26,28,33,38H,2,7-10,18-25,27H2;2*1H. The Morgan fingerprint density at radius 1 is 0.732 bits per heavy atom. The lowest BCUT2D eigenvalue weighted by Crippen LogP contribution is -2.46. The molecule has 41 heavy (non-hydrogen) atoms. The van der Waals surface area contributed by atoms with Crippen molar-refractivity contribution in [1.82, 2.24) is 4.90 Å². The van der Waals surface area contributed by atoms with Crippen LogP contribution >= 0.6 is 24.8 Å². The molecule has 0 radical (unpaired) electrons. The molecule has 3 aliphatic rings. The third-order valence-electron chi connectivity index (χ3n) is 9.46. The molecule has 1 unspecified atom stereocenters. The molecule has 1 aliphatic carbocycles. The van der Waals surface area contributed by atoms with E-state index in [0.29, 0.717) is 5.92 Å². The molecule has 2 saturated heterocycles. The van der Waals surface area contributed by atoms with Gasteiger partial charge in [-0.2, -0.15) is 0 Å². The van der Waals surface area contributed by atoms with Crippen molar-refractivity contribution in [3.05, 3.63) is 90.0 Å². The fourth-order valence-corrected chi connectivity index (χ4v) is 7.28. The summed E-state index contributed by atoms with van der Waals surface area (Å²) in [5.74, 6) is 2.40. The van der Waals surface area contributed by atoms with Gasteiger partial charge in [0.2, 0.25) is 0 Å². The molecule has 3 aromatic carbocycles. The summed E-state index contributed by atoms with van der Waals surface area (Å²) >= 11 is 0. The number of ether oxygens (including phenoxy) is 1. The summed E-state index contributed by atoms with van der Waals surface area (Å²) in [5, 5.41) is 12.0. The van der Waals surface area contributed by atoms with Crippen LogP contribution in [0, 0.1) is 0 Å². The molecular formula is C35H46Cl2N2O2. The van der Waals surface area contributed by atoms with Crippen molar-refractivity contribution in [3.63, 3.8) is 0 Å². The first-order valence-corrected chi connectivity index (χ1v) is 15.3. The van der Waals surface area contributed by atoms with Gasteiger partial charge < -0.3 is 19.6 Å². The highest BCUT2D eigenvalue weighted by molar-refractivity contribution is 5.85. The van der Waals surface area contributed by atoms with Gasteiger partial charge in [-0.05, 0) is 99.0 Å². The minimum absolute atomic E-state index is 0. The van der Waals surface area contributed by atoms with Gasteiger partial charge in [-0.3, -0.25) is 0 Å². The molecular weight excluding hydrogens is 551 g/mol. The van der Waals surface area contributed by atoms with E-state index in [-0.39, 0.29) is 30.7 Å². The van der Waals surface area contributed by atoms with E-state index in [9.17, 15) is 5.11 Å². The number of piperidine rings is 1. The van der Waals surface area contributed by atoms with Crippen molar-refractivity contribution in [3.8, 4) is 11.5 Å². The van der Waals surface area contributed by atoms with E-state index in [4.69, 9.17) is 4.74 Å². The van der Waals surface area contributed by atoms with Gasteiger partial charge in [0.05, 0.1) is 5.60 Å². The van der Waals surface area contributed by atoms with E-state index in [1.54, 1.807) is 5.56 Å². The Morgan fingerprint density at radius 2 is 1.39 bits per heavy atom. The van der Waals surface area contributed by atoms with Crippen LogP contribution in [-0.2, 0) is 0 Å². The second-order valence-electron chi connectivity index (χ2n) is 12.0. The van der Waals surface area contributed by atoms with Crippen molar-refractivity contribution in [2.45, 2.75) is 75.2 Å². The van der Waals surface area contributed by atoms with E-state index >= 15 is 0 Å². The van der Waals surface area contributed by atoms with Crippen LogP contribution in [0.25, 0.3) is 0 Å². The fraction of sp³-hybridized carbons (Fsp3) is 0.486. The van der Waals surface area contributed by atoms with Crippen molar-refractivity contribution >= 4 is 30.5 Å². The van der Waals surface area contributed by atoms with Crippen molar-refractivity contribution in [2.75, 3.05) is 37.6 Å². The van der Waals surface area contributed by atoms with E-state index in [0.717, 1.165) is 56.8 Å². The van der Waals surface area contributed by atoms with Gasteiger partial charge in [0.25, 0.3) is 0 Å². The number of aliphatic hydroxyl groups is 1. The smallest absolute Gasteiger partial charge is 0.127 e. The number of likely N-dealkylation sites (tertiary alicyclic amines) is 1. The third kappa shape index (κ3) is 7.59. The van der Waals surface area contributed by atoms with Crippen LogP contribution in [-0.4, -0.2) is 48.3 Å². The van der Waals surface area contributed by atoms with E-state index < -0.39 is 5.60 Å². The molecule has 1 saturated carbocycles. The molecule has 1 atom stereocenters. The zero-order valence-electron chi connectivity index (χ0n) is 24.1. The van der Waals surface area contributed by atoms with Crippen LogP contribution < -0.4 is 9.64 Å². The maximum Gasteiger partial charge on any atom is 0.127 e. The predicted molar refractivity (Wildman–Crippen MR) is 175 cm³/mol. The first-order chi connectivity index (χ1) is 19.2. The van der Waals surface area contributed by atoms with Gasteiger partial charge in [-0.15, -0.1) is 24.8 Å². The number of nitrogens with zero attached hydrogens (tertiary/aromatic N) is 2. The second-order valence-corrected chi connectivity index (χ2v) is 12.0. The molecule has 3 aromatic rings. The Kier molecular flexibility index (Phi) is 11.4. The SMILES string of the molecule is Cl.Cl.OC1(C(CN2CCC(c3ccccc3N3CCCC3)CC2)c2cccc(Oc3ccccc3)c2)CCCCC1. The molecule has 222 valence electrons. The van der Waals surface area contributed by atoms with Crippen LogP contribution in [0.2, 0.25) is 0 Å². The maximum absolute atomic E-state index is 12.0. The van der Waals surface area contributed by atoms with Gasteiger partial charge in [0.1, 0.15) is 11.5 Å². The minimum atomic E-state index is -0.650. The van der Waals surface area contributed by atoms with Crippen molar-refractivity contribution in [2.24, 2.45) is 0 Å². The largest absolute Gasteiger partial charge is 0.457 e. The van der Waals surface area contributed by atoms with E-state index in [1.165, 1.54) is 56.4 Å². The summed E-state index contributed by atoms with van der Waals surface area (Å²) in [7, 11) is 0. The third-order valence-corrected chi connectivity index (χ3v) is 9.46. The molecule has 0 aromatic heterocycles. The van der Waals surface area contributed by atoms with Crippen LogP contribution in [0.3, 0.4) is 0 Å². The summed E-state index contributed by atoms with van der Waals surface area (Å²) in [6.07, 6.45) is 10.2. The van der Waals surface area contributed by atoms with Crippen LogP contribution in [0.5, 0.6) is 11.5 Å². The Labute approximate surface area is 258 Å². The molecule has 0 spiro atoms. The van der Waals surface area contributed by atoms with Crippen LogP contribution in [0.4, 0.5) is 5.69 Å². The quantitative estimate of drug-likeness (QED) is 0.282. The molecule has 2 aliphatic heterocycles. The number of hydrogen-bond donors (Lipinski definition) is 1. The molecule has 0 amide bonds. The summed E-state index contributed by atoms with van der Waals surface area (Å²) in [6.45, 7) is 5.48. The predicted octanol–water partition coefficient (Wildman–Crippen LogP) is 8.58. The zero-order valence-corrected chi connectivity index (χ0v) is 25.8. The first kappa shape index (κ1) is 31.7. The fourth-order valence-electron chi connectivity index (χ4n) is 7.28. The van der Waals surface area contributed by atoms with Crippen LogP contribution in [0.15, 0.2) is 78.9 Å². The van der Waals surface area contributed by atoms with Gasteiger partial charge in [0, 0.05) is 31.2 Å². The number of halogens is 2. The Morgan fingerprint density at radius 3 is 2.12 bits per heavy atom. The molecule has 1 N–H and O–H groups in total. The van der Waals surface area contributed by atoms with E-state index in [2.05, 4.69) is 52.3 Å². The lowest BCUT2D eigenvalue weighted by Gasteiger charge is -2.43. The number of hydrogen-bond acceptors (Lipinski definition) is 4. The van der Waals surface area contributed by atoms with Gasteiger partial charge in [0.15, 0.2) is 0 Å². The normalized spacial score (nSPS) is 20.1. The van der Waals surface area contributed by atoms with Gasteiger partial charge in [-0.25, -0.2) is 0 Å². The highest BCUT2D eigenvalue weighted by Gasteiger charge is 2.40. The Balaban J connectivity index is 0.00000194. The molecule has 3 fully saturated rings. The monoisotopic (exact) mass is 596 g/mol.